The van der Waals surface area contributed by atoms with Crippen LogP contribution in [0.25, 0.3) is 0 Å². The van der Waals surface area contributed by atoms with Crippen molar-refractivity contribution in [1.82, 2.24) is 5.32 Å². The Kier molecular flexibility index (Phi) is 4.02. The zero-order chi connectivity index (χ0) is 8.97. The van der Waals surface area contributed by atoms with Crippen molar-refractivity contribution in [2.75, 3.05) is 13.7 Å². The average molecular weight is 171 g/mol. The predicted octanol–water partition coefficient (Wildman–Crippen LogP) is 1.80. The van der Waals surface area contributed by atoms with E-state index in [1.165, 1.54) is 19.3 Å². The minimum absolute atomic E-state index is 0.602. The van der Waals surface area contributed by atoms with Crippen LogP contribution in [-0.4, -0.2) is 25.8 Å². The van der Waals surface area contributed by atoms with Crippen molar-refractivity contribution in [1.29, 1.82) is 0 Å². The second kappa shape index (κ2) is 4.83. The molecular weight excluding hydrogens is 150 g/mol. The van der Waals surface area contributed by atoms with Gasteiger partial charge < -0.3 is 10.1 Å². The summed E-state index contributed by atoms with van der Waals surface area (Å²) in [4.78, 5) is 0. The van der Waals surface area contributed by atoms with E-state index in [0.29, 0.717) is 12.1 Å². The van der Waals surface area contributed by atoms with Gasteiger partial charge in [0.05, 0.1) is 6.61 Å². The maximum atomic E-state index is 5.19. The molecule has 72 valence electrons. The molecular formula is C10H21NO. The van der Waals surface area contributed by atoms with E-state index < -0.39 is 0 Å². The molecule has 0 heterocycles. The minimum Gasteiger partial charge on any atom is -0.383 e. The van der Waals surface area contributed by atoms with Crippen LogP contribution in [0.1, 0.15) is 33.1 Å². The molecule has 0 aromatic heterocycles. The Labute approximate surface area is 75.7 Å². The third-order valence-corrected chi connectivity index (χ3v) is 2.65. The Balaban J connectivity index is 2.22. The Morgan fingerprint density at radius 2 is 2.17 bits per heavy atom. The summed E-state index contributed by atoms with van der Waals surface area (Å²) >= 11 is 0. The maximum absolute atomic E-state index is 5.19. The first-order chi connectivity index (χ1) is 5.77. The molecule has 0 saturated heterocycles. The third-order valence-electron chi connectivity index (χ3n) is 2.65. The van der Waals surface area contributed by atoms with Gasteiger partial charge in [0.1, 0.15) is 0 Å². The number of rotatable bonds is 6. The van der Waals surface area contributed by atoms with E-state index in [4.69, 9.17) is 4.74 Å². The molecule has 2 nitrogen and oxygen atoms in total. The highest BCUT2D eigenvalue weighted by atomic mass is 16.5. The van der Waals surface area contributed by atoms with Crippen molar-refractivity contribution < 1.29 is 4.74 Å². The number of nitrogens with one attached hydrogen (secondary N) is 1. The van der Waals surface area contributed by atoms with Gasteiger partial charge in [-0.2, -0.15) is 0 Å². The summed E-state index contributed by atoms with van der Waals surface area (Å²) in [5, 5.41) is 3.60. The van der Waals surface area contributed by atoms with E-state index in [-0.39, 0.29) is 0 Å². The van der Waals surface area contributed by atoms with Gasteiger partial charge in [0.15, 0.2) is 0 Å². The van der Waals surface area contributed by atoms with Gasteiger partial charge in [-0.15, -0.1) is 0 Å². The summed E-state index contributed by atoms with van der Waals surface area (Å²) in [5.74, 6) is 0.888. The fraction of sp³-hybridized carbons (Fsp3) is 1.00. The second-order valence-electron chi connectivity index (χ2n) is 3.88. The summed E-state index contributed by atoms with van der Waals surface area (Å²) in [7, 11) is 1.79. The molecule has 2 atom stereocenters. The van der Waals surface area contributed by atoms with Crippen molar-refractivity contribution in [3.63, 3.8) is 0 Å². The Morgan fingerprint density at radius 3 is 2.58 bits per heavy atom. The van der Waals surface area contributed by atoms with Gasteiger partial charge in [0.25, 0.3) is 0 Å². The van der Waals surface area contributed by atoms with Crippen LogP contribution in [0.2, 0.25) is 0 Å². The van der Waals surface area contributed by atoms with Crippen LogP contribution < -0.4 is 5.32 Å². The summed E-state index contributed by atoms with van der Waals surface area (Å²) in [5.41, 5.74) is 0. The van der Waals surface area contributed by atoms with Crippen molar-refractivity contribution in [3.05, 3.63) is 0 Å². The fourth-order valence-electron chi connectivity index (χ4n) is 1.48. The molecule has 2 unspecified atom stereocenters. The van der Waals surface area contributed by atoms with Crippen LogP contribution in [0, 0.1) is 5.92 Å². The molecule has 0 spiro atoms. The molecule has 0 radical (unpaired) electrons. The first kappa shape index (κ1) is 10.0. The smallest absolute Gasteiger partial charge is 0.0618 e. The normalized spacial score (nSPS) is 22.2. The highest BCUT2D eigenvalue weighted by Gasteiger charge is 2.31. The lowest BCUT2D eigenvalue weighted by Crippen LogP contribution is -2.40. The summed E-state index contributed by atoms with van der Waals surface area (Å²) in [6, 6.07) is 1.23. The maximum Gasteiger partial charge on any atom is 0.0618 e. The van der Waals surface area contributed by atoms with Crippen LogP contribution in [-0.2, 0) is 4.74 Å². The highest BCUT2D eigenvalue weighted by molar-refractivity contribution is 4.87. The van der Waals surface area contributed by atoms with Crippen LogP contribution >= 0.6 is 0 Å². The molecule has 2 heteroatoms. The van der Waals surface area contributed by atoms with Crippen molar-refractivity contribution >= 4 is 0 Å². The van der Waals surface area contributed by atoms with Gasteiger partial charge in [0.2, 0.25) is 0 Å². The van der Waals surface area contributed by atoms with E-state index >= 15 is 0 Å². The van der Waals surface area contributed by atoms with E-state index in [0.717, 1.165) is 12.5 Å². The van der Waals surface area contributed by atoms with Gasteiger partial charge in [-0.3, -0.25) is 0 Å². The minimum atomic E-state index is 0.602. The molecule has 0 aliphatic heterocycles. The molecule has 0 aromatic carbocycles. The highest BCUT2D eigenvalue weighted by Crippen LogP contribution is 2.32. The van der Waals surface area contributed by atoms with E-state index in [1.807, 2.05) is 0 Å². The Bertz CT molecular complexity index is 123. The lowest BCUT2D eigenvalue weighted by atomic mass is 10.1. The molecule has 1 aliphatic carbocycles. The summed E-state index contributed by atoms with van der Waals surface area (Å²) in [6.45, 7) is 5.33. The molecule has 1 fully saturated rings. The molecule has 0 amide bonds. The largest absolute Gasteiger partial charge is 0.383 e. The van der Waals surface area contributed by atoms with Crippen LogP contribution in [0.15, 0.2) is 0 Å². The SMILES string of the molecule is CCC(C)NC(COC)C1CC1. The molecule has 1 rings (SSSR count). The number of hydrogen-bond acceptors (Lipinski definition) is 2. The van der Waals surface area contributed by atoms with E-state index in [9.17, 15) is 0 Å². The van der Waals surface area contributed by atoms with Gasteiger partial charge in [-0.05, 0) is 32.1 Å². The molecule has 1 aliphatic rings. The van der Waals surface area contributed by atoms with E-state index in [2.05, 4.69) is 19.2 Å². The number of methoxy groups -OCH3 is 1. The van der Waals surface area contributed by atoms with Gasteiger partial charge in [-0.1, -0.05) is 6.92 Å². The molecule has 1 N–H and O–H groups in total. The summed E-state index contributed by atoms with van der Waals surface area (Å²) < 4.78 is 5.19. The molecule has 1 saturated carbocycles. The van der Waals surface area contributed by atoms with Crippen molar-refractivity contribution in [2.24, 2.45) is 5.92 Å². The zero-order valence-electron chi connectivity index (χ0n) is 8.47. The van der Waals surface area contributed by atoms with Crippen molar-refractivity contribution in [3.8, 4) is 0 Å². The first-order valence-electron chi connectivity index (χ1n) is 5.03. The van der Waals surface area contributed by atoms with Gasteiger partial charge in [-0.25, -0.2) is 0 Å². The standard InChI is InChI=1S/C10H21NO/c1-4-8(2)11-10(7-12-3)9-5-6-9/h8-11H,4-7H2,1-3H3. The molecule has 0 bridgehead atoms. The van der Waals surface area contributed by atoms with Crippen LogP contribution in [0.4, 0.5) is 0 Å². The lowest BCUT2D eigenvalue weighted by Gasteiger charge is -2.21. The zero-order valence-corrected chi connectivity index (χ0v) is 8.47. The topological polar surface area (TPSA) is 21.3 Å². The van der Waals surface area contributed by atoms with Crippen molar-refractivity contribution in [2.45, 2.75) is 45.2 Å². The lowest BCUT2D eigenvalue weighted by molar-refractivity contribution is 0.152. The predicted molar refractivity (Wildman–Crippen MR) is 51.3 cm³/mol. The first-order valence-corrected chi connectivity index (χ1v) is 5.03. The van der Waals surface area contributed by atoms with E-state index in [1.54, 1.807) is 7.11 Å². The number of hydrogen-bond donors (Lipinski definition) is 1. The Morgan fingerprint density at radius 1 is 1.50 bits per heavy atom. The summed E-state index contributed by atoms with van der Waals surface area (Å²) in [6.07, 6.45) is 3.97. The third kappa shape index (κ3) is 3.11. The quantitative estimate of drug-likeness (QED) is 0.658. The molecule has 0 aromatic rings. The van der Waals surface area contributed by atoms with Gasteiger partial charge in [0, 0.05) is 19.2 Å². The monoisotopic (exact) mass is 171 g/mol. The van der Waals surface area contributed by atoms with Crippen LogP contribution in [0.5, 0.6) is 0 Å². The molecule has 12 heavy (non-hydrogen) atoms. The number of ether oxygens (including phenoxy) is 1. The van der Waals surface area contributed by atoms with Crippen LogP contribution in [0.3, 0.4) is 0 Å². The average Bonchev–Trinajstić information content (AvgIpc) is 2.86. The Hall–Kier alpha value is -0.0800. The fourth-order valence-corrected chi connectivity index (χ4v) is 1.48. The van der Waals surface area contributed by atoms with Gasteiger partial charge >= 0.3 is 0 Å². The second-order valence-corrected chi connectivity index (χ2v) is 3.88.